The number of furan rings is 1. The Bertz CT molecular complexity index is 621. The van der Waals surface area contributed by atoms with Gasteiger partial charge in [-0.2, -0.15) is 0 Å². The summed E-state index contributed by atoms with van der Waals surface area (Å²) in [5, 5.41) is 9.72. The van der Waals surface area contributed by atoms with E-state index >= 15 is 0 Å². The highest BCUT2D eigenvalue weighted by Gasteiger charge is 2.15. The second kappa shape index (κ2) is 6.11. The number of benzene rings is 1. The van der Waals surface area contributed by atoms with Crippen molar-refractivity contribution < 1.29 is 14.3 Å². The monoisotopic (exact) mass is 293 g/mol. The van der Waals surface area contributed by atoms with Crippen LogP contribution in [0.25, 0.3) is 0 Å². The highest BCUT2D eigenvalue weighted by atomic mass is 35.5. The van der Waals surface area contributed by atoms with E-state index in [1.54, 1.807) is 13.0 Å². The summed E-state index contributed by atoms with van der Waals surface area (Å²) in [4.78, 5) is 13.0. The summed E-state index contributed by atoms with van der Waals surface area (Å²) >= 11 is 6.11. The Morgan fingerprint density at radius 1 is 1.35 bits per heavy atom. The summed E-state index contributed by atoms with van der Waals surface area (Å²) in [7, 11) is 1.93. The highest BCUT2D eigenvalue weighted by molar-refractivity contribution is 6.31. The van der Waals surface area contributed by atoms with E-state index in [0.29, 0.717) is 24.6 Å². The van der Waals surface area contributed by atoms with Crippen LogP contribution >= 0.6 is 11.6 Å². The fraction of sp³-hybridized carbons (Fsp3) is 0.267. The van der Waals surface area contributed by atoms with Crippen molar-refractivity contribution in [3.05, 3.63) is 58.0 Å². The van der Waals surface area contributed by atoms with Gasteiger partial charge in [0.25, 0.3) is 0 Å². The van der Waals surface area contributed by atoms with Crippen molar-refractivity contribution in [2.75, 3.05) is 7.05 Å². The standard InChI is InChI=1S/C15H16ClNO3/c1-10-13(15(18)19)7-12(20-10)9-17(2)8-11-5-3-4-6-14(11)16/h3-7H,8-9H2,1-2H3,(H,18,19). The number of halogens is 1. The quantitative estimate of drug-likeness (QED) is 0.915. The molecule has 2 aromatic rings. The van der Waals surface area contributed by atoms with E-state index in [-0.39, 0.29) is 5.56 Å². The smallest absolute Gasteiger partial charge is 0.339 e. The molecule has 0 saturated carbocycles. The molecule has 0 radical (unpaired) electrons. The van der Waals surface area contributed by atoms with E-state index in [1.165, 1.54) is 0 Å². The number of carbonyl (C=O) groups is 1. The van der Waals surface area contributed by atoms with Crippen LogP contribution in [0.1, 0.15) is 27.4 Å². The van der Waals surface area contributed by atoms with Crippen molar-refractivity contribution >= 4 is 17.6 Å². The van der Waals surface area contributed by atoms with Crippen molar-refractivity contribution in [1.29, 1.82) is 0 Å². The first-order valence-electron chi connectivity index (χ1n) is 6.22. The first-order chi connectivity index (χ1) is 9.47. The lowest BCUT2D eigenvalue weighted by Crippen LogP contribution is -2.17. The molecule has 20 heavy (non-hydrogen) atoms. The maximum atomic E-state index is 11.0. The number of aromatic carboxylic acids is 1. The molecule has 0 aliphatic rings. The van der Waals surface area contributed by atoms with Crippen LogP contribution in [0.3, 0.4) is 0 Å². The minimum Gasteiger partial charge on any atom is -0.478 e. The zero-order valence-electron chi connectivity index (χ0n) is 11.4. The molecule has 0 saturated heterocycles. The molecule has 4 nitrogen and oxygen atoms in total. The molecule has 1 N–H and O–H groups in total. The molecule has 0 aliphatic carbocycles. The molecule has 1 aromatic heterocycles. The molecule has 5 heteroatoms. The van der Waals surface area contributed by atoms with Gasteiger partial charge in [0.15, 0.2) is 0 Å². The van der Waals surface area contributed by atoms with Crippen LogP contribution in [0, 0.1) is 6.92 Å². The lowest BCUT2D eigenvalue weighted by molar-refractivity contribution is 0.0695. The fourth-order valence-electron chi connectivity index (χ4n) is 2.07. The van der Waals surface area contributed by atoms with Crippen LogP contribution < -0.4 is 0 Å². The molecule has 0 amide bonds. The minimum atomic E-state index is -0.966. The number of hydrogen-bond acceptors (Lipinski definition) is 3. The second-order valence-electron chi connectivity index (χ2n) is 4.75. The van der Waals surface area contributed by atoms with Crippen molar-refractivity contribution in [2.24, 2.45) is 0 Å². The Hall–Kier alpha value is -1.78. The minimum absolute atomic E-state index is 0.214. The molecule has 0 spiro atoms. The van der Waals surface area contributed by atoms with Gasteiger partial charge in [0.1, 0.15) is 17.1 Å². The van der Waals surface area contributed by atoms with E-state index in [0.717, 1.165) is 10.6 Å². The van der Waals surface area contributed by atoms with Gasteiger partial charge in [-0.05, 0) is 31.7 Å². The molecule has 0 aliphatic heterocycles. The first kappa shape index (κ1) is 14.6. The van der Waals surface area contributed by atoms with Gasteiger partial charge in [-0.3, -0.25) is 4.90 Å². The lowest BCUT2D eigenvalue weighted by atomic mass is 10.2. The summed E-state index contributed by atoms with van der Waals surface area (Å²) in [5.74, 6) is 0.0966. The summed E-state index contributed by atoms with van der Waals surface area (Å²) in [6.45, 7) is 2.85. The van der Waals surface area contributed by atoms with E-state index in [1.807, 2.05) is 36.2 Å². The number of hydrogen-bond donors (Lipinski definition) is 1. The Morgan fingerprint density at radius 3 is 2.65 bits per heavy atom. The van der Waals surface area contributed by atoms with Crippen LogP contribution in [0.15, 0.2) is 34.7 Å². The van der Waals surface area contributed by atoms with Gasteiger partial charge in [0, 0.05) is 11.6 Å². The van der Waals surface area contributed by atoms with Gasteiger partial charge in [0.2, 0.25) is 0 Å². The summed E-state index contributed by atoms with van der Waals surface area (Å²) < 4.78 is 5.46. The van der Waals surface area contributed by atoms with E-state index < -0.39 is 5.97 Å². The topological polar surface area (TPSA) is 53.7 Å². The molecule has 1 aromatic carbocycles. The van der Waals surface area contributed by atoms with E-state index in [2.05, 4.69) is 0 Å². The Morgan fingerprint density at radius 2 is 2.05 bits per heavy atom. The number of nitrogens with zero attached hydrogens (tertiary/aromatic N) is 1. The molecular formula is C15H16ClNO3. The number of aryl methyl sites for hydroxylation is 1. The van der Waals surface area contributed by atoms with Crippen LogP contribution in [0.5, 0.6) is 0 Å². The van der Waals surface area contributed by atoms with Gasteiger partial charge in [-0.25, -0.2) is 4.79 Å². The maximum absolute atomic E-state index is 11.0. The Kier molecular flexibility index (Phi) is 4.47. The lowest BCUT2D eigenvalue weighted by Gasteiger charge is -2.15. The summed E-state index contributed by atoms with van der Waals surface area (Å²) in [6.07, 6.45) is 0. The van der Waals surface area contributed by atoms with Crippen molar-refractivity contribution in [1.82, 2.24) is 4.90 Å². The third kappa shape index (κ3) is 3.40. The molecule has 0 bridgehead atoms. The average molecular weight is 294 g/mol. The van der Waals surface area contributed by atoms with Gasteiger partial charge < -0.3 is 9.52 Å². The first-order valence-corrected chi connectivity index (χ1v) is 6.59. The van der Waals surface area contributed by atoms with E-state index in [4.69, 9.17) is 21.1 Å². The van der Waals surface area contributed by atoms with Gasteiger partial charge >= 0.3 is 5.97 Å². The fourth-order valence-corrected chi connectivity index (χ4v) is 2.27. The zero-order valence-corrected chi connectivity index (χ0v) is 12.1. The molecule has 106 valence electrons. The highest BCUT2D eigenvalue weighted by Crippen LogP contribution is 2.19. The summed E-state index contributed by atoms with van der Waals surface area (Å²) in [5.41, 5.74) is 1.24. The predicted octanol–water partition coefficient (Wildman–Crippen LogP) is 3.57. The van der Waals surface area contributed by atoms with Crippen molar-refractivity contribution in [3.63, 3.8) is 0 Å². The van der Waals surface area contributed by atoms with Crippen LogP contribution in [0.4, 0.5) is 0 Å². The van der Waals surface area contributed by atoms with Crippen LogP contribution in [-0.2, 0) is 13.1 Å². The SMILES string of the molecule is Cc1oc(CN(C)Cc2ccccc2Cl)cc1C(=O)O. The summed E-state index contributed by atoms with van der Waals surface area (Å²) in [6, 6.07) is 9.22. The largest absolute Gasteiger partial charge is 0.478 e. The molecular weight excluding hydrogens is 278 g/mol. The second-order valence-corrected chi connectivity index (χ2v) is 5.16. The number of carboxylic acid groups (broad SMARTS) is 1. The maximum Gasteiger partial charge on any atom is 0.339 e. The van der Waals surface area contributed by atoms with E-state index in [9.17, 15) is 4.79 Å². The molecule has 1 heterocycles. The number of carboxylic acids is 1. The van der Waals surface area contributed by atoms with Crippen molar-refractivity contribution in [3.8, 4) is 0 Å². The third-order valence-electron chi connectivity index (χ3n) is 3.02. The molecule has 0 unspecified atom stereocenters. The Labute approximate surface area is 122 Å². The van der Waals surface area contributed by atoms with Gasteiger partial charge in [-0.15, -0.1) is 0 Å². The predicted molar refractivity (Wildman–Crippen MR) is 77.0 cm³/mol. The van der Waals surface area contributed by atoms with Gasteiger partial charge in [0.05, 0.1) is 6.54 Å². The van der Waals surface area contributed by atoms with Gasteiger partial charge in [-0.1, -0.05) is 29.8 Å². The molecule has 0 atom stereocenters. The Balaban J connectivity index is 2.05. The average Bonchev–Trinajstić information content (AvgIpc) is 2.73. The third-order valence-corrected chi connectivity index (χ3v) is 3.39. The molecule has 2 rings (SSSR count). The van der Waals surface area contributed by atoms with Crippen LogP contribution in [0.2, 0.25) is 5.02 Å². The van der Waals surface area contributed by atoms with Crippen LogP contribution in [-0.4, -0.2) is 23.0 Å². The normalized spacial score (nSPS) is 11.0. The molecule has 0 fully saturated rings. The zero-order chi connectivity index (χ0) is 14.7. The number of rotatable bonds is 5. The van der Waals surface area contributed by atoms with Crippen molar-refractivity contribution in [2.45, 2.75) is 20.0 Å².